The lowest BCUT2D eigenvalue weighted by Gasteiger charge is -2.20. The molecule has 3 nitrogen and oxygen atoms in total. The third-order valence-corrected chi connectivity index (χ3v) is 3.68. The number of carbonyl (C=O) groups is 1. The Labute approximate surface area is 110 Å². The van der Waals surface area contributed by atoms with Crippen molar-refractivity contribution in [3.8, 4) is 0 Å². The number of likely N-dealkylation sites (tertiary alicyclic amines) is 1. The lowest BCUT2D eigenvalue weighted by molar-refractivity contribution is -0.147. The molecule has 0 aromatic heterocycles. The first-order chi connectivity index (χ1) is 8.90. The average Bonchev–Trinajstić information content (AvgIpc) is 2.72. The third kappa shape index (κ3) is 3.10. The molecule has 1 fully saturated rings. The van der Waals surface area contributed by atoms with Gasteiger partial charge in [0.25, 0.3) is 6.43 Å². The minimum absolute atomic E-state index is 0.0118. The fraction of sp³-hybridized carbons (Fsp3) is 0.500. The molecule has 0 bridgehead atoms. The van der Waals surface area contributed by atoms with Crippen LogP contribution in [0, 0.1) is 5.41 Å². The summed E-state index contributed by atoms with van der Waals surface area (Å²) in [7, 11) is 0. The zero-order chi connectivity index (χ0) is 14.0. The second kappa shape index (κ2) is 5.25. The van der Waals surface area contributed by atoms with Gasteiger partial charge in [-0.25, -0.2) is 8.78 Å². The summed E-state index contributed by atoms with van der Waals surface area (Å²) in [6.45, 7) is 3.39. The molecule has 1 aromatic rings. The molecule has 2 rings (SSSR count). The van der Waals surface area contributed by atoms with E-state index in [-0.39, 0.29) is 5.56 Å². The molecule has 1 heterocycles. The van der Waals surface area contributed by atoms with Gasteiger partial charge in [0, 0.05) is 18.7 Å². The van der Waals surface area contributed by atoms with Gasteiger partial charge in [-0.15, -0.1) is 0 Å². The number of alkyl halides is 2. The fourth-order valence-corrected chi connectivity index (χ4v) is 2.45. The maximum atomic E-state index is 12.6. The number of hydrogen-bond acceptors (Lipinski definition) is 2. The molecule has 1 N–H and O–H groups in total. The summed E-state index contributed by atoms with van der Waals surface area (Å²) in [5.74, 6) is -0.795. The van der Waals surface area contributed by atoms with Crippen LogP contribution >= 0.6 is 0 Å². The molecule has 0 aliphatic carbocycles. The third-order valence-electron chi connectivity index (χ3n) is 3.68. The fourth-order valence-electron chi connectivity index (χ4n) is 2.45. The number of benzene rings is 1. The van der Waals surface area contributed by atoms with E-state index in [4.69, 9.17) is 5.11 Å². The Balaban J connectivity index is 2.03. The van der Waals surface area contributed by atoms with Crippen molar-refractivity contribution in [2.45, 2.75) is 26.3 Å². The molecular formula is C14H17F2NO2. The number of carboxylic acid groups (broad SMARTS) is 1. The van der Waals surface area contributed by atoms with E-state index in [0.717, 1.165) is 5.56 Å². The van der Waals surface area contributed by atoms with Gasteiger partial charge in [0.2, 0.25) is 0 Å². The number of hydrogen-bond donors (Lipinski definition) is 1. The van der Waals surface area contributed by atoms with Crippen LogP contribution in [-0.2, 0) is 11.3 Å². The first-order valence-corrected chi connectivity index (χ1v) is 6.23. The Morgan fingerprint density at radius 3 is 2.84 bits per heavy atom. The molecule has 104 valence electrons. The first-order valence-electron chi connectivity index (χ1n) is 6.23. The van der Waals surface area contributed by atoms with Crippen LogP contribution in [0.2, 0.25) is 0 Å². The van der Waals surface area contributed by atoms with E-state index in [9.17, 15) is 13.6 Å². The zero-order valence-electron chi connectivity index (χ0n) is 10.8. The highest BCUT2D eigenvalue weighted by Crippen LogP contribution is 2.31. The summed E-state index contributed by atoms with van der Waals surface area (Å²) >= 11 is 0. The van der Waals surface area contributed by atoms with E-state index in [1.807, 2.05) is 4.90 Å². The van der Waals surface area contributed by atoms with Crippen molar-refractivity contribution in [1.82, 2.24) is 4.90 Å². The highest BCUT2D eigenvalue weighted by molar-refractivity contribution is 5.74. The quantitative estimate of drug-likeness (QED) is 0.913. The number of carboxylic acids is 1. The molecule has 1 saturated heterocycles. The van der Waals surface area contributed by atoms with Crippen LogP contribution in [0.4, 0.5) is 8.78 Å². The summed E-state index contributed by atoms with van der Waals surface area (Å²) in [6, 6.07) is 6.30. The van der Waals surface area contributed by atoms with E-state index in [2.05, 4.69) is 0 Å². The van der Waals surface area contributed by atoms with Crippen LogP contribution in [0.25, 0.3) is 0 Å². The van der Waals surface area contributed by atoms with Crippen LogP contribution in [0.5, 0.6) is 0 Å². The topological polar surface area (TPSA) is 40.5 Å². The minimum atomic E-state index is -2.47. The van der Waals surface area contributed by atoms with E-state index in [0.29, 0.717) is 26.1 Å². The van der Waals surface area contributed by atoms with Crippen LogP contribution in [0.3, 0.4) is 0 Å². The predicted molar refractivity (Wildman–Crippen MR) is 67.0 cm³/mol. The van der Waals surface area contributed by atoms with Crippen molar-refractivity contribution in [1.29, 1.82) is 0 Å². The average molecular weight is 269 g/mol. The van der Waals surface area contributed by atoms with Gasteiger partial charge >= 0.3 is 5.97 Å². The summed E-state index contributed by atoms with van der Waals surface area (Å²) in [6.07, 6.45) is -1.88. The molecule has 0 amide bonds. The molecule has 1 unspecified atom stereocenters. The van der Waals surface area contributed by atoms with Gasteiger partial charge in [0.1, 0.15) is 0 Å². The molecule has 0 saturated carbocycles. The molecular weight excluding hydrogens is 252 g/mol. The normalized spacial score (nSPS) is 24.0. The lowest BCUT2D eigenvalue weighted by Crippen LogP contribution is -2.31. The molecule has 5 heteroatoms. The number of rotatable bonds is 4. The highest BCUT2D eigenvalue weighted by atomic mass is 19.3. The predicted octanol–water partition coefficient (Wildman–Crippen LogP) is 2.92. The second-order valence-corrected chi connectivity index (χ2v) is 5.37. The Kier molecular flexibility index (Phi) is 3.85. The molecule has 0 radical (unpaired) electrons. The molecule has 1 aromatic carbocycles. The summed E-state index contributed by atoms with van der Waals surface area (Å²) < 4.78 is 25.2. The minimum Gasteiger partial charge on any atom is -0.481 e. The van der Waals surface area contributed by atoms with Crippen molar-refractivity contribution in [3.63, 3.8) is 0 Å². The largest absolute Gasteiger partial charge is 0.481 e. The zero-order valence-corrected chi connectivity index (χ0v) is 10.8. The Morgan fingerprint density at radius 2 is 2.26 bits per heavy atom. The van der Waals surface area contributed by atoms with Gasteiger partial charge in [-0.2, -0.15) is 0 Å². The molecule has 1 atom stereocenters. The van der Waals surface area contributed by atoms with Crippen molar-refractivity contribution >= 4 is 5.97 Å². The smallest absolute Gasteiger partial charge is 0.310 e. The summed E-state index contributed by atoms with van der Waals surface area (Å²) in [5.41, 5.74) is 0.0884. The monoisotopic (exact) mass is 269 g/mol. The van der Waals surface area contributed by atoms with E-state index < -0.39 is 17.8 Å². The number of aliphatic carboxylic acids is 1. The van der Waals surface area contributed by atoms with Crippen molar-refractivity contribution < 1.29 is 18.7 Å². The van der Waals surface area contributed by atoms with E-state index in [1.165, 1.54) is 12.1 Å². The van der Waals surface area contributed by atoms with Gasteiger partial charge in [-0.3, -0.25) is 9.69 Å². The van der Waals surface area contributed by atoms with Crippen LogP contribution < -0.4 is 0 Å². The molecule has 1 aliphatic heterocycles. The van der Waals surface area contributed by atoms with Gasteiger partial charge in [0.15, 0.2) is 0 Å². The van der Waals surface area contributed by atoms with Crippen LogP contribution in [0.1, 0.15) is 30.9 Å². The first kappa shape index (κ1) is 13.9. The van der Waals surface area contributed by atoms with Crippen molar-refractivity contribution in [2.24, 2.45) is 5.41 Å². The number of halogens is 2. The Bertz CT molecular complexity index is 478. The summed E-state index contributed by atoms with van der Waals surface area (Å²) in [5, 5.41) is 9.15. The molecule has 0 spiro atoms. The second-order valence-electron chi connectivity index (χ2n) is 5.37. The van der Waals surface area contributed by atoms with Gasteiger partial charge < -0.3 is 5.11 Å². The maximum absolute atomic E-state index is 12.6. The van der Waals surface area contributed by atoms with Gasteiger partial charge in [0.05, 0.1) is 5.41 Å². The van der Waals surface area contributed by atoms with Gasteiger partial charge in [-0.1, -0.05) is 18.2 Å². The van der Waals surface area contributed by atoms with Crippen molar-refractivity contribution in [3.05, 3.63) is 35.4 Å². The molecule has 19 heavy (non-hydrogen) atoms. The molecule has 1 aliphatic rings. The Hall–Kier alpha value is -1.49. The highest BCUT2D eigenvalue weighted by Gasteiger charge is 2.40. The van der Waals surface area contributed by atoms with Gasteiger partial charge in [-0.05, 0) is 31.5 Å². The number of nitrogens with zero attached hydrogens (tertiary/aromatic N) is 1. The van der Waals surface area contributed by atoms with E-state index >= 15 is 0 Å². The van der Waals surface area contributed by atoms with E-state index in [1.54, 1.807) is 19.1 Å². The van der Waals surface area contributed by atoms with Crippen LogP contribution in [0.15, 0.2) is 24.3 Å². The van der Waals surface area contributed by atoms with Crippen molar-refractivity contribution in [2.75, 3.05) is 13.1 Å². The van der Waals surface area contributed by atoms with Crippen LogP contribution in [-0.4, -0.2) is 29.1 Å². The SMILES string of the molecule is CC1(C(=O)O)CCN(Cc2cccc(C(F)F)c2)C1. The standard InChI is InChI=1S/C14H17F2NO2/c1-14(13(18)19)5-6-17(9-14)8-10-3-2-4-11(7-10)12(15)16/h2-4,7,12H,5-6,8-9H2,1H3,(H,18,19). The summed E-state index contributed by atoms with van der Waals surface area (Å²) in [4.78, 5) is 13.1. The maximum Gasteiger partial charge on any atom is 0.310 e. The Morgan fingerprint density at radius 1 is 1.53 bits per heavy atom. The lowest BCUT2D eigenvalue weighted by atomic mass is 9.90.